The molecule has 1 fully saturated rings. The van der Waals surface area contributed by atoms with Gasteiger partial charge in [-0.1, -0.05) is 19.3 Å². The van der Waals surface area contributed by atoms with Gasteiger partial charge in [-0.25, -0.2) is 4.79 Å². The minimum absolute atomic E-state index is 0.105. The molecule has 3 N–H and O–H groups in total. The summed E-state index contributed by atoms with van der Waals surface area (Å²) in [6.07, 6.45) is 6.65. The van der Waals surface area contributed by atoms with E-state index in [1.165, 1.54) is 19.3 Å². The first-order valence-corrected chi connectivity index (χ1v) is 9.18. The maximum Gasteiger partial charge on any atom is 0.315 e. The topological polar surface area (TPSA) is 88.7 Å². The number of carbonyl (C=O) groups excluding carboxylic acids is 2. The van der Waals surface area contributed by atoms with Crippen molar-refractivity contribution in [3.63, 3.8) is 0 Å². The molecule has 0 saturated heterocycles. The van der Waals surface area contributed by atoms with E-state index in [0.717, 1.165) is 12.8 Å². The monoisotopic (exact) mass is 363 g/mol. The van der Waals surface area contributed by atoms with Crippen molar-refractivity contribution in [3.8, 4) is 11.5 Å². The molecule has 26 heavy (non-hydrogen) atoms. The Hall–Kier alpha value is -2.44. The maximum absolute atomic E-state index is 12.0. The maximum atomic E-state index is 12.0. The van der Waals surface area contributed by atoms with Crippen LogP contribution in [0.3, 0.4) is 0 Å². The molecular formula is C19H29N3O4. The fourth-order valence-electron chi connectivity index (χ4n) is 3.07. The van der Waals surface area contributed by atoms with Gasteiger partial charge in [-0.2, -0.15) is 0 Å². The van der Waals surface area contributed by atoms with Crippen LogP contribution in [0.4, 0.5) is 10.5 Å². The molecule has 144 valence electrons. The first-order valence-electron chi connectivity index (χ1n) is 9.18. The van der Waals surface area contributed by atoms with Gasteiger partial charge >= 0.3 is 6.03 Å². The van der Waals surface area contributed by atoms with Gasteiger partial charge in [0.2, 0.25) is 5.91 Å². The number of urea groups is 1. The minimum atomic E-state index is -0.141. The van der Waals surface area contributed by atoms with Gasteiger partial charge < -0.3 is 25.4 Å². The molecule has 0 unspecified atom stereocenters. The highest BCUT2D eigenvalue weighted by Gasteiger charge is 2.15. The Morgan fingerprint density at radius 1 is 1.08 bits per heavy atom. The van der Waals surface area contributed by atoms with Crippen molar-refractivity contribution in [2.75, 3.05) is 26.1 Å². The number of ether oxygens (including phenoxy) is 2. The lowest BCUT2D eigenvalue weighted by atomic mass is 9.96. The second kappa shape index (κ2) is 10.5. The third-order valence-electron chi connectivity index (χ3n) is 4.47. The number of amides is 3. The van der Waals surface area contributed by atoms with Crippen LogP contribution >= 0.6 is 0 Å². The summed E-state index contributed by atoms with van der Waals surface area (Å²) in [6, 6.07) is 5.36. The summed E-state index contributed by atoms with van der Waals surface area (Å²) >= 11 is 0. The summed E-state index contributed by atoms with van der Waals surface area (Å²) in [5.74, 6) is 1.07. The van der Waals surface area contributed by atoms with Gasteiger partial charge in [-0.3, -0.25) is 4.79 Å². The Morgan fingerprint density at radius 3 is 2.50 bits per heavy atom. The van der Waals surface area contributed by atoms with Gasteiger partial charge in [-0.15, -0.1) is 0 Å². The smallest absolute Gasteiger partial charge is 0.315 e. The summed E-state index contributed by atoms with van der Waals surface area (Å²) in [5.41, 5.74) is 0.649. The van der Waals surface area contributed by atoms with Gasteiger partial charge in [0.25, 0.3) is 0 Å². The molecule has 0 aliphatic heterocycles. The van der Waals surface area contributed by atoms with Crippen LogP contribution in [0.25, 0.3) is 0 Å². The highest BCUT2D eigenvalue weighted by molar-refractivity contribution is 5.91. The summed E-state index contributed by atoms with van der Waals surface area (Å²) in [6.45, 7) is 0.470. The molecular weight excluding hydrogens is 334 g/mol. The molecule has 0 radical (unpaired) electrons. The Balaban J connectivity index is 1.64. The average Bonchev–Trinajstić information content (AvgIpc) is 2.66. The number of hydrogen-bond acceptors (Lipinski definition) is 4. The van der Waals surface area contributed by atoms with Crippen molar-refractivity contribution >= 4 is 17.6 Å². The van der Waals surface area contributed by atoms with Crippen molar-refractivity contribution in [1.29, 1.82) is 0 Å². The number of methoxy groups -OCH3 is 2. The van der Waals surface area contributed by atoms with Crippen LogP contribution in [0.15, 0.2) is 18.2 Å². The van der Waals surface area contributed by atoms with E-state index >= 15 is 0 Å². The van der Waals surface area contributed by atoms with E-state index in [2.05, 4.69) is 16.0 Å². The van der Waals surface area contributed by atoms with E-state index in [1.807, 2.05) is 0 Å². The first-order chi connectivity index (χ1) is 12.6. The first kappa shape index (κ1) is 19.9. The van der Waals surface area contributed by atoms with E-state index in [4.69, 9.17) is 9.47 Å². The van der Waals surface area contributed by atoms with E-state index in [1.54, 1.807) is 32.4 Å². The molecule has 1 aliphatic rings. The summed E-state index contributed by atoms with van der Waals surface area (Å²) in [4.78, 5) is 23.8. The molecule has 3 amide bonds. The average molecular weight is 363 g/mol. The van der Waals surface area contributed by atoms with E-state index < -0.39 is 0 Å². The fraction of sp³-hybridized carbons (Fsp3) is 0.579. The van der Waals surface area contributed by atoms with Crippen LogP contribution in [-0.4, -0.2) is 38.7 Å². The zero-order valence-electron chi connectivity index (χ0n) is 15.6. The predicted molar refractivity (Wildman–Crippen MR) is 101 cm³/mol. The Morgan fingerprint density at radius 2 is 1.81 bits per heavy atom. The highest BCUT2D eigenvalue weighted by atomic mass is 16.5. The standard InChI is InChI=1S/C19H29N3O4/c1-25-16-11-10-15(13-17(16)26-2)21-18(23)9-6-12-20-19(24)22-14-7-4-3-5-8-14/h10-11,13-14H,3-9,12H2,1-2H3,(H,21,23)(H2,20,22,24). The van der Waals surface area contributed by atoms with Crippen molar-refractivity contribution in [2.45, 2.75) is 51.0 Å². The van der Waals surface area contributed by atoms with Crippen molar-refractivity contribution < 1.29 is 19.1 Å². The van der Waals surface area contributed by atoms with Gasteiger partial charge in [0.05, 0.1) is 14.2 Å². The largest absolute Gasteiger partial charge is 0.493 e. The molecule has 7 nitrogen and oxygen atoms in total. The Bertz CT molecular complexity index is 600. The number of rotatable bonds is 8. The number of nitrogens with one attached hydrogen (secondary N) is 3. The molecule has 1 saturated carbocycles. The van der Waals surface area contributed by atoms with E-state index in [-0.39, 0.29) is 18.0 Å². The van der Waals surface area contributed by atoms with Crippen LogP contribution in [0.1, 0.15) is 44.9 Å². The molecule has 0 heterocycles. The summed E-state index contributed by atoms with van der Waals surface area (Å²) in [7, 11) is 3.11. The molecule has 1 aromatic carbocycles. The number of benzene rings is 1. The zero-order chi connectivity index (χ0) is 18.8. The quantitative estimate of drug-likeness (QED) is 0.619. The lowest BCUT2D eigenvalue weighted by molar-refractivity contribution is -0.116. The van der Waals surface area contributed by atoms with Crippen molar-refractivity contribution in [1.82, 2.24) is 10.6 Å². The van der Waals surface area contributed by atoms with Crippen molar-refractivity contribution in [3.05, 3.63) is 18.2 Å². The number of carbonyl (C=O) groups is 2. The number of hydrogen-bond donors (Lipinski definition) is 3. The van der Waals surface area contributed by atoms with Gasteiger partial charge in [-0.05, 0) is 31.4 Å². The Kier molecular flexibility index (Phi) is 8.05. The third kappa shape index (κ3) is 6.46. The molecule has 0 atom stereocenters. The van der Waals surface area contributed by atoms with Gasteiger partial charge in [0, 0.05) is 30.8 Å². The number of anilines is 1. The molecule has 2 rings (SSSR count). The second-order valence-electron chi connectivity index (χ2n) is 6.46. The van der Waals surface area contributed by atoms with Crippen LogP contribution in [-0.2, 0) is 4.79 Å². The molecule has 7 heteroatoms. The van der Waals surface area contributed by atoms with Crippen LogP contribution in [0, 0.1) is 0 Å². The van der Waals surface area contributed by atoms with E-state index in [0.29, 0.717) is 36.6 Å². The zero-order valence-corrected chi connectivity index (χ0v) is 15.6. The SMILES string of the molecule is COc1ccc(NC(=O)CCCNC(=O)NC2CCCCC2)cc1OC. The lowest BCUT2D eigenvalue weighted by Gasteiger charge is -2.22. The highest BCUT2D eigenvalue weighted by Crippen LogP contribution is 2.29. The molecule has 0 bridgehead atoms. The summed E-state index contributed by atoms with van der Waals surface area (Å²) < 4.78 is 10.4. The van der Waals surface area contributed by atoms with E-state index in [9.17, 15) is 9.59 Å². The molecule has 1 aromatic rings. The van der Waals surface area contributed by atoms with Crippen LogP contribution in [0.2, 0.25) is 0 Å². The van der Waals surface area contributed by atoms with Gasteiger partial charge in [0.15, 0.2) is 11.5 Å². The molecule has 1 aliphatic carbocycles. The predicted octanol–water partition coefficient (Wildman–Crippen LogP) is 3.05. The van der Waals surface area contributed by atoms with Crippen LogP contribution < -0.4 is 25.4 Å². The van der Waals surface area contributed by atoms with Gasteiger partial charge in [0.1, 0.15) is 0 Å². The molecule has 0 spiro atoms. The fourth-order valence-corrected chi connectivity index (χ4v) is 3.07. The molecule has 0 aromatic heterocycles. The summed E-state index contributed by atoms with van der Waals surface area (Å²) in [5, 5.41) is 8.63. The van der Waals surface area contributed by atoms with Crippen LogP contribution in [0.5, 0.6) is 11.5 Å². The second-order valence-corrected chi connectivity index (χ2v) is 6.46. The normalized spacial score (nSPS) is 14.4. The Labute approximate surface area is 154 Å². The van der Waals surface area contributed by atoms with Crippen molar-refractivity contribution in [2.24, 2.45) is 0 Å². The minimum Gasteiger partial charge on any atom is -0.493 e. The lowest BCUT2D eigenvalue weighted by Crippen LogP contribution is -2.43. The third-order valence-corrected chi connectivity index (χ3v) is 4.47.